The summed E-state index contributed by atoms with van der Waals surface area (Å²) in [5.74, 6) is -0.00579. The second kappa shape index (κ2) is 7.12. The molecule has 26 heavy (non-hydrogen) atoms. The van der Waals surface area contributed by atoms with Crippen molar-refractivity contribution < 1.29 is 23.5 Å². The highest BCUT2D eigenvalue weighted by molar-refractivity contribution is 7.20. The Bertz CT molecular complexity index is 992. The van der Waals surface area contributed by atoms with Crippen molar-refractivity contribution in [1.82, 2.24) is 9.97 Å². The Morgan fingerprint density at radius 1 is 1.23 bits per heavy atom. The Morgan fingerprint density at radius 2 is 2.00 bits per heavy atom. The predicted octanol–water partition coefficient (Wildman–Crippen LogP) is 3.02. The Morgan fingerprint density at radius 3 is 2.65 bits per heavy atom. The third-order valence-corrected chi connectivity index (χ3v) is 4.90. The van der Waals surface area contributed by atoms with E-state index in [2.05, 4.69) is 9.97 Å². The molecule has 3 rings (SSSR count). The van der Waals surface area contributed by atoms with Crippen molar-refractivity contribution in [2.45, 2.75) is 27.4 Å². The van der Waals surface area contributed by atoms with Crippen LogP contribution in [0.3, 0.4) is 0 Å². The van der Waals surface area contributed by atoms with E-state index in [1.165, 1.54) is 23.7 Å². The van der Waals surface area contributed by atoms with Gasteiger partial charge in [0.2, 0.25) is 0 Å². The smallest absolute Gasteiger partial charge is 0.348 e. The molecule has 0 aliphatic rings. The van der Waals surface area contributed by atoms with Gasteiger partial charge in [0.05, 0.1) is 18.3 Å². The molecule has 0 aromatic carbocycles. The molecule has 3 aromatic rings. The number of rotatable bonds is 5. The summed E-state index contributed by atoms with van der Waals surface area (Å²) < 4.78 is 15.3. The summed E-state index contributed by atoms with van der Waals surface area (Å²) in [6, 6.07) is 1.53. The number of aromatic nitrogens is 2. The fourth-order valence-electron chi connectivity index (χ4n) is 2.48. The Kier molecular flexibility index (Phi) is 4.90. The fourth-order valence-corrected chi connectivity index (χ4v) is 3.58. The molecule has 0 aliphatic carbocycles. The first-order valence-electron chi connectivity index (χ1n) is 7.86. The number of fused-ring (bicyclic) bond motifs is 1. The van der Waals surface area contributed by atoms with Gasteiger partial charge in [-0.1, -0.05) is 0 Å². The van der Waals surface area contributed by atoms with Crippen LogP contribution in [0.15, 0.2) is 16.7 Å². The summed E-state index contributed by atoms with van der Waals surface area (Å²) >= 11 is 1.17. The molecule has 8 nitrogen and oxygen atoms in total. The minimum Gasteiger partial charge on any atom is -0.469 e. The standard InChI is InChI=1S/C17H17N3O5S/c1-4-23-17(22)13-8(2)12-14(18)19-11(20-15(12)26-13)7-25-16(21)10-5-6-24-9(10)3/h5-6H,4,7H2,1-3H3,(H2,18,19,20). The average molecular weight is 375 g/mol. The third kappa shape index (κ3) is 3.25. The van der Waals surface area contributed by atoms with Crippen molar-refractivity contribution in [3.05, 3.63) is 39.9 Å². The number of hydrogen-bond donors (Lipinski definition) is 1. The molecule has 0 saturated carbocycles. The van der Waals surface area contributed by atoms with Crippen molar-refractivity contribution in [2.75, 3.05) is 12.3 Å². The summed E-state index contributed by atoms with van der Waals surface area (Å²) in [6.45, 7) is 5.31. The van der Waals surface area contributed by atoms with Crippen LogP contribution in [0.4, 0.5) is 5.82 Å². The normalized spacial score (nSPS) is 10.9. The lowest BCUT2D eigenvalue weighted by atomic mass is 10.2. The van der Waals surface area contributed by atoms with Crippen LogP contribution in [0.5, 0.6) is 0 Å². The second-order valence-corrected chi connectivity index (χ2v) is 6.45. The number of carbonyl (C=O) groups excluding carboxylic acids is 2. The van der Waals surface area contributed by atoms with Crippen molar-refractivity contribution in [3.63, 3.8) is 0 Å². The average Bonchev–Trinajstić information content (AvgIpc) is 3.16. The number of carbonyl (C=O) groups is 2. The van der Waals surface area contributed by atoms with Gasteiger partial charge in [-0.3, -0.25) is 0 Å². The van der Waals surface area contributed by atoms with E-state index in [0.717, 1.165) is 0 Å². The molecule has 0 bridgehead atoms. The summed E-state index contributed by atoms with van der Waals surface area (Å²) in [5.41, 5.74) is 7.04. The van der Waals surface area contributed by atoms with E-state index >= 15 is 0 Å². The van der Waals surface area contributed by atoms with Crippen LogP contribution in [0.1, 0.15) is 44.1 Å². The number of ether oxygens (including phenoxy) is 2. The van der Waals surface area contributed by atoms with Gasteiger partial charge in [-0.2, -0.15) is 0 Å². The van der Waals surface area contributed by atoms with Crippen molar-refractivity contribution in [1.29, 1.82) is 0 Å². The molecule has 0 saturated heterocycles. The summed E-state index contributed by atoms with van der Waals surface area (Å²) in [7, 11) is 0. The number of hydrogen-bond acceptors (Lipinski definition) is 9. The maximum Gasteiger partial charge on any atom is 0.348 e. The van der Waals surface area contributed by atoms with Crippen LogP contribution in [0, 0.1) is 13.8 Å². The van der Waals surface area contributed by atoms with Crippen LogP contribution in [-0.2, 0) is 16.1 Å². The molecule has 9 heteroatoms. The number of nitrogen functional groups attached to an aromatic ring is 1. The van der Waals surface area contributed by atoms with Crippen molar-refractivity contribution in [3.8, 4) is 0 Å². The molecule has 136 valence electrons. The highest BCUT2D eigenvalue weighted by Crippen LogP contribution is 2.33. The van der Waals surface area contributed by atoms with E-state index in [1.807, 2.05) is 0 Å². The predicted molar refractivity (Wildman–Crippen MR) is 95.1 cm³/mol. The summed E-state index contributed by atoms with van der Waals surface area (Å²) in [5, 5.41) is 0.610. The van der Waals surface area contributed by atoms with Crippen LogP contribution >= 0.6 is 11.3 Å². The molecule has 0 fully saturated rings. The second-order valence-electron chi connectivity index (χ2n) is 5.45. The van der Waals surface area contributed by atoms with E-state index < -0.39 is 11.9 Å². The Balaban J connectivity index is 1.85. The van der Waals surface area contributed by atoms with Gasteiger partial charge >= 0.3 is 11.9 Å². The lowest BCUT2D eigenvalue weighted by Crippen LogP contribution is -2.08. The number of thiophene rings is 1. The molecule has 0 atom stereocenters. The zero-order valence-corrected chi connectivity index (χ0v) is 15.3. The molecule has 0 unspecified atom stereocenters. The first kappa shape index (κ1) is 17.9. The minimum atomic E-state index is -0.534. The monoisotopic (exact) mass is 375 g/mol. The number of furan rings is 1. The van der Waals surface area contributed by atoms with E-state index in [-0.39, 0.29) is 24.9 Å². The molecule has 0 radical (unpaired) electrons. The van der Waals surface area contributed by atoms with Crippen molar-refractivity contribution >= 4 is 39.3 Å². The van der Waals surface area contributed by atoms with Gasteiger partial charge in [0.25, 0.3) is 0 Å². The zero-order valence-electron chi connectivity index (χ0n) is 14.5. The summed E-state index contributed by atoms with van der Waals surface area (Å²) in [4.78, 5) is 33.6. The van der Waals surface area contributed by atoms with Crippen LogP contribution < -0.4 is 5.73 Å². The number of esters is 2. The maximum atomic E-state index is 12.0. The lowest BCUT2D eigenvalue weighted by molar-refractivity contribution is 0.0459. The van der Waals surface area contributed by atoms with Crippen LogP contribution in [0.25, 0.3) is 10.2 Å². The van der Waals surface area contributed by atoms with E-state index in [0.29, 0.717) is 32.0 Å². The quantitative estimate of drug-likeness (QED) is 0.676. The zero-order chi connectivity index (χ0) is 18.8. The van der Waals surface area contributed by atoms with E-state index in [4.69, 9.17) is 19.6 Å². The van der Waals surface area contributed by atoms with Crippen LogP contribution in [-0.4, -0.2) is 28.5 Å². The highest BCUT2D eigenvalue weighted by atomic mass is 32.1. The topological polar surface area (TPSA) is 118 Å². The van der Waals surface area contributed by atoms with Crippen molar-refractivity contribution in [2.24, 2.45) is 0 Å². The fraction of sp³-hybridized carbons (Fsp3) is 0.294. The largest absolute Gasteiger partial charge is 0.469 e. The number of anilines is 1. The highest BCUT2D eigenvalue weighted by Gasteiger charge is 2.21. The van der Waals surface area contributed by atoms with Gasteiger partial charge in [0, 0.05) is 0 Å². The molecule has 0 amide bonds. The van der Waals surface area contributed by atoms with Gasteiger partial charge in [-0.15, -0.1) is 11.3 Å². The van der Waals surface area contributed by atoms with Gasteiger partial charge < -0.3 is 19.6 Å². The SMILES string of the molecule is CCOC(=O)c1sc2nc(COC(=O)c3ccoc3C)nc(N)c2c1C. The van der Waals surface area contributed by atoms with Gasteiger partial charge in [-0.05, 0) is 32.4 Å². The Hall–Kier alpha value is -2.94. The minimum absolute atomic E-state index is 0.144. The molecule has 0 spiro atoms. The van der Waals surface area contributed by atoms with E-state index in [1.54, 1.807) is 20.8 Å². The summed E-state index contributed by atoms with van der Waals surface area (Å²) in [6.07, 6.45) is 1.41. The molecule has 0 aliphatic heterocycles. The molecular formula is C17H17N3O5S. The van der Waals surface area contributed by atoms with Gasteiger partial charge in [0.15, 0.2) is 12.4 Å². The first-order valence-corrected chi connectivity index (χ1v) is 8.67. The number of nitrogens with two attached hydrogens (primary N) is 1. The van der Waals surface area contributed by atoms with Crippen LogP contribution in [0.2, 0.25) is 0 Å². The maximum absolute atomic E-state index is 12.0. The lowest BCUT2D eigenvalue weighted by Gasteiger charge is -2.05. The molecule has 3 heterocycles. The molecule has 2 N–H and O–H groups in total. The number of aryl methyl sites for hydroxylation is 2. The van der Waals surface area contributed by atoms with Gasteiger partial charge in [0.1, 0.15) is 26.8 Å². The van der Waals surface area contributed by atoms with Gasteiger partial charge in [-0.25, -0.2) is 19.6 Å². The third-order valence-electron chi connectivity index (χ3n) is 3.74. The first-order chi connectivity index (χ1) is 12.4. The number of nitrogens with zero attached hydrogens (tertiary/aromatic N) is 2. The molecular weight excluding hydrogens is 358 g/mol. The molecule has 3 aromatic heterocycles. The Labute approximate surface area is 152 Å². The van der Waals surface area contributed by atoms with E-state index in [9.17, 15) is 9.59 Å².